The van der Waals surface area contributed by atoms with Gasteiger partial charge in [-0.25, -0.2) is 9.59 Å². The third-order valence-electron chi connectivity index (χ3n) is 7.10. The molecule has 1 aliphatic heterocycles. The SMILES string of the molecule is Cc1cc(C(=O)O[C@@H]2Cc3c(O)cc(O)cc3OC2c2cc(O)c(=O)c3c(O)c(O)cc(/C=C/C(=O)O)c3c2)cc(O)c1O. The van der Waals surface area contributed by atoms with Crippen molar-refractivity contribution in [2.75, 3.05) is 0 Å². The van der Waals surface area contributed by atoms with Gasteiger partial charge in [-0.2, -0.15) is 0 Å². The molecule has 0 radical (unpaired) electrons. The molecular weight excluding hydrogens is 580 g/mol. The molecule has 13 nitrogen and oxygen atoms in total. The van der Waals surface area contributed by atoms with E-state index in [4.69, 9.17) is 14.6 Å². The largest absolute Gasteiger partial charge is 0.508 e. The third-order valence-corrected chi connectivity index (χ3v) is 7.10. The highest BCUT2D eigenvalue weighted by molar-refractivity contribution is 5.99. The second kappa shape index (κ2) is 10.9. The van der Waals surface area contributed by atoms with E-state index in [2.05, 4.69) is 0 Å². The Kier molecular flexibility index (Phi) is 7.31. The van der Waals surface area contributed by atoms with Crippen molar-refractivity contribution in [2.24, 2.45) is 0 Å². The second-order valence-corrected chi connectivity index (χ2v) is 10.1. The van der Waals surface area contributed by atoms with Gasteiger partial charge in [0.25, 0.3) is 0 Å². The van der Waals surface area contributed by atoms with Crippen LogP contribution in [-0.2, 0) is 16.0 Å². The number of rotatable bonds is 5. The van der Waals surface area contributed by atoms with Gasteiger partial charge in [-0.3, -0.25) is 4.79 Å². The predicted molar refractivity (Wildman–Crippen MR) is 152 cm³/mol. The number of esters is 1. The van der Waals surface area contributed by atoms with Crippen LogP contribution < -0.4 is 10.2 Å². The summed E-state index contributed by atoms with van der Waals surface area (Å²) in [6, 6.07) is 7.71. The maximum absolute atomic E-state index is 13.2. The number of carboxylic acids is 1. The first-order chi connectivity index (χ1) is 20.7. The minimum atomic E-state index is -1.36. The quantitative estimate of drug-likeness (QED) is 0.0928. The number of carbonyl (C=O) groups is 2. The molecular formula is C31H24O13. The van der Waals surface area contributed by atoms with Crippen LogP contribution in [0.3, 0.4) is 0 Å². The van der Waals surface area contributed by atoms with Crippen molar-refractivity contribution in [3.63, 3.8) is 0 Å². The van der Waals surface area contributed by atoms with Gasteiger partial charge in [0.15, 0.2) is 34.9 Å². The monoisotopic (exact) mass is 604 g/mol. The fourth-order valence-electron chi connectivity index (χ4n) is 5.02. The molecule has 2 atom stereocenters. The summed E-state index contributed by atoms with van der Waals surface area (Å²) in [6.45, 7) is 1.45. The van der Waals surface area contributed by atoms with Crippen LogP contribution in [0.2, 0.25) is 0 Å². The van der Waals surface area contributed by atoms with E-state index in [1.807, 2.05) is 0 Å². The molecule has 4 aromatic carbocycles. The van der Waals surface area contributed by atoms with E-state index in [1.165, 1.54) is 25.1 Å². The zero-order chi connectivity index (χ0) is 32.0. The number of aliphatic carboxylic acids is 1. The molecule has 44 heavy (non-hydrogen) atoms. The van der Waals surface area contributed by atoms with E-state index in [0.29, 0.717) is 0 Å². The molecule has 1 heterocycles. The Morgan fingerprint density at radius 3 is 2.25 bits per heavy atom. The molecule has 13 heteroatoms. The summed E-state index contributed by atoms with van der Waals surface area (Å²) in [6.07, 6.45) is -1.08. The summed E-state index contributed by atoms with van der Waals surface area (Å²) in [7, 11) is 0. The lowest BCUT2D eigenvalue weighted by molar-refractivity contribution is -0.131. The van der Waals surface area contributed by atoms with Crippen molar-refractivity contribution in [3.8, 4) is 46.0 Å². The number of hydrogen-bond acceptors (Lipinski definition) is 12. The fraction of sp³-hybridized carbons (Fsp3) is 0.129. The molecule has 0 saturated heterocycles. The van der Waals surface area contributed by atoms with Gasteiger partial charge in [-0.05, 0) is 59.8 Å². The van der Waals surface area contributed by atoms with E-state index >= 15 is 0 Å². The van der Waals surface area contributed by atoms with Gasteiger partial charge in [-0.1, -0.05) is 0 Å². The van der Waals surface area contributed by atoms with Crippen LogP contribution in [0.4, 0.5) is 0 Å². The van der Waals surface area contributed by atoms with E-state index < -0.39 is 63.7 Å². The Hall–Kier alpha value is -6.11. The maximum atomic E-state index is 13.2. The molecule has 8 N–H and O–H groups in total. The molecule has 1 unspecified atom stereocenters. The van der Waals surface area contributed by atoms with E-state index in [0.717, 1.165) is 36.4 Å². The van der Waals surface area contributed by atoms with Crippen LogP contribution in [-0.4, -0.2) is 58.9 Å². The van der Waals surface area contributed by atoms with Crippen molar-refractivity contribution in [2.45, 2.75) is 25.6 Å². The van der Waals surface area contributed by atoms with Crippen molar-refractivity contribution in [1.82, 2.24) is 0 Å². The predicted octanol–water partition coefficient (Wildman–Crippen LogP) is 3.45. The Bertz CT molecular complexity index is 1940. The number of aromatic hydroxyl groups is 7. The number of ether oxygens (including phenoxy) is 2. The van der Waals surface area contributed by atoms with E-state index in [-0.39, 0.29) is 56.9 Å². The van der Waals surface area contributed by atoms with Crippen LogP contribution in [0.1, 0.15) is 38.7 Å². The number of carbonyl (C=O) groups excluding carboxylic acids is 1. The maximum Gasteiger partial charge on any atom is 0.338 e. The average Bonchev–Trinajstić information content (AvgIpc) is 3.08. The zero-order valence-corrected chi connectivity index (χ0v) is 22.7. The minimum absolute atomic E-state index is 0.0259. The van der Waals surface area contributed by atoms with Crippen LogP contribution >= 0.6 is 0 Å². The van der Waals surface area contributed by atoms with Gasteiger partial charge in [0.05, 0.1) is 10.9 Å². The normalized spacial score (nSPS) is 15.9. The molecule has 0 fully saturated rings. The molecule has 4 aromatic rings. The first kappa shape index (κ1) is 29.4. The first-order valence-corrected chi connectivity index (χ1v) is 12.9. The van der Waals surface area contributed by atoms with Gasteiger partial charge in [-0.15, -0.1) is 0 Å². The molecule has 0 amide bonds. The number of phenolic OH excluding ortho intramolecular Hbond substituents is 6. The number of benzene rings is 3. The third kappa shape index (κ3) is 5.29. The summed E-state index contributed by atoms with van der Waals surface area (Å²) < 4.78 is 11.8. The molecule has 0 aromatic heterocycles. The Balaban J connectivity index is 1.72. The zero-order valence-electron chi connectivity index (χ0n) is 22.7. The van der Waals surface area contributed by atoms with Gasteiger partial charge >= 0.3 is 11.9 Å². The average molecular weight is 605 g/mol. The van der Waals surface area contributed by atoms with Crippen LogP contribution in [0.15, 0.2) is 53.3 Å². The van der Waals surface area contributed by atoms with Crippen molar-refractivity contribution in [3.05, 3.63) is 86.6 Å². The number of aryl methyl sites for hydroxylation is 1. The molecule has 0 bridgehead atoms. The van der Waals surface area contributed by atoms with E-state index in [9.17, 15) is 50.1 Å². The minimum Gasteiger partial charge on any atom is -0.508 e. The van der Waals surface area contributed by atoms with Gasteiger partial charge < -0.3 is 50.3 Å². The van der Waals surface area contributed by atoms with Crippen LogP contribution in [0.5, 0.6) is 46.0 Å². The van der Waals surface area contributed by atoms with Crippen LogP contribution in [0.25, 0.3) is 16.8 Å². The molecule has 226 valence electrons. The summed E-state index contributed by atoms with van der Waals surface area (Å²) in [5.74, 6) is -6.68. The highest BCUT2D eigenvalue weighted by atomic mass is 16.6. The fourth-order valence-corrected chi connectivity index (χ4v) is 5.02. The lowest BCUT2D eigenvalue weighted by Gasteiger charge is -2.33. The molecule has 0 spiro atoms. The Labute approximate surface area is 247 Å². The highest BCUT2D eigenvalue weighted by Gasteiger charge is 2.37. The first-order valence-electron chi connectivity index (χ1n) is 12.9. The summed E-state index contributed by atoms with van der Waals surface area (Å²) in [5.41, 5.74) is -1.02. The summed E-state index contributed by atoms with van der Waals surface area (Å²) in [4.78, 5) is 37.6. The lowest BCUT2D eigenvalue weighted by atomic mass is 9.93. The van der Waals surface area contributed by atoms with Gasteiger partial charge in [0.1, 0.15) is 23.4 Å². The smallest absolute Gasteiger partial charge is 0.338 e. The Morgan fingerprint density at radius 1 is 0.864 bits per heavy atom. The highest BCUT2D eigenvalue weighted by Crippen LogP contribution is 2.44. The molecule has 5 rings (SSSR count). The summed E-state index contributed by atoms with van der Waals surface area (Å²) >= 11 is 0. The number of carboxylic acid groups (broad SMARTS) is 1. The van der Waals surface area contributed by atoms with Gasteiger partial charge in [0, 0.05) is 35.8 Å². The standard InChI is InChI=1S/C31H24O13/c1-12-4-15(8-20(34)27(12)39)31(42)44-24-11-18-19(33)9-16(32)10-23(18)43-30(24)14-5-17-13(2-3-25(37)38)6-21(35)28(40)26(17)29(41)22(36)7-14/h2-10,24,30,32-35,39-40H,11H2,1H3,(H,36,41)(H,37,38)/b3-2+/t24-,30?/m1/s1. The van der Waals surface area contributed by atoms with Gasteiger partial charge in [0.2, 0.25) is 5.43 Å². The van der Waals surface area contributed by atoms with Crippen molar-refractivity contribution in [1.29, 1.82) is 0 Å². The van der Waals surface area contributed by atoms with Crippen molar-refractivity contribution >= 4 is 28.8 Å². The molecule has 0 saturated carbocycles. The number of hydrogen-bond donors (Lipinski definition) is 8. The van der Waals surface area contributed by atoms with Crippen molar-refractivity contribution < 1.29 is 59.9 Å². The Morgan fingerprint density at radius 2 is 1.57 bits per heavy atom. The number of fused-ring (bicyclic) bond motifs is 2. The summed E-state index contributed by atoms with van der Waals surface area (Å²) in [5, 5.41) is 80.4. The lowest BCUT2D eigenvalue weighted by Crippen LogP contribution is -2.34. The van der Waals surface area contributed by atoms with Crippen LogP contribution in [0, 0.1) is 6.92 Å². The number of phenols is 6. The molecule has 0 aliphatic carbocycles. The van der Waals surface area contributed by atoms with E-state index in [1.54, 1.807) is 0 Å². The molecule has 1 aliphatic rings. The topological polar surface area (TPSA) is 232 Å². The second-order valence-electron chi connectivity index (χ2n) is 10.1.